The molecule has 0 radical (unpaired) electrons. The van der Waals surface area contributed by atoms with Crippen molar-refractivity contribution in [3.05, 3.63) is 83.9 Å². The molecule has 2 rings (SSSR count). The molecule has 0 aliphatic rings. The molecule has 116 valence electrons. The van der Waals surface area contributed by atoms with Crippen LogP contribution in [0.1, 0.15) is 25.0 Å². The Balaban J connectivity index is 2.43. The van der Waals surface area contributed by atoms with Crippen LogP contribution in [0.3, 0.4) is 0 Å². The van der Waals surface area contributed by atoms with Gasteiger partial charge in [-0.2, -0.15) is 0 Å². The van der Waals surface area contributed by atoms with Crippen LogP contribution < -0.4 is 0 Å². The van der Waals surface area contributed by atoms with Gasteiger partial charge < -0.3 is 0 Å². The van der Waals surface area contributed by atoms with Crippen LogP contribution in [-0.2, 0) is 9.59 Å². The zero-order valence-electron chi connectivity index (χ0n) is 13.2. The molecule has 0 aromatic heterocycles. The summed E-state index contributed by atoms with van der Waals surface area (Å²) in [5.41, 5.74) is 2.10. The Morgan fingerprint density at radius 2 is 1.04 bits per heavy atom. The van der Waals surface area contributed by atoms with Gasteiger partial charge in [-0.05, 0) is 0 Å². The van der Waals surface area contributed by atoms with Crippen LogP contribution in [0.25, 0.3) is 7.24 Å². The van der Waals surface area contributed by atoms with Gasteiger partial charge >= 0.3 is 147 Å². The molecule has 0 unspecified atom stereocenters. The van der Waals surface area contributed by atoms with E-state index in [2.05, 4.69) is 0 Å². The van der Waals surface area contributed by atoms with Gasteiger partial charge in [-0.25, -0.2) is 0 Å². The van der Waals surface area contributed by atoms with Crippen LogP contribution in [0.2, 0.25) is 0 Å². The molecular weight excluding hydrogens is 400 g/mol. The van der Waals surface area contributed by atoms with Gasteiger partial charge in [-0.15, -0.1) is 0 Å². The number of hydrogen-bond donors (Lipinski definition) is 0. The van der Waals surface area contributed by atoms with Crippen molar-refractivity contribution in [2.45, 2.75) is 13.8 Å². The molecule has 0 spiro atoms. The van der Waals surface area contributed by atoms with Crippen LogP contribution in [0.4, 0.5) is 0 Å². The molecule has 23 heavy (non-hydrogen) atoms. The topological polar surface area (TPSA) is 34.1 Å². The zero-order valence-corrected chi connectivity index (χ0v) is 15.5. The molecule has 0 fully saturated rings. The van der Waals surface area contributed by atoms with E-state index >= 15 is 0 Å². The molecule has 0 aliphatic carbocycles. The van der Waals surface area contributed by atoms with Gasteiger partial charge in [0, 0.05) is 0 Å². The van der Waals surface area contributed by atoms with Gasteiger partial charge in [-0.3, -0.25) is 0 Å². The van der Waals surface area contributed by atoms with Gasteiger partial charge in [0.25, 0.3) is 0 Å². The van der Waals surface area contributed by atoms with Crippen molar-refractivity contribution in [2.75, 3.05) is 0 Å². The Bertz CT molecular complexity index is 678. The third-order valence-corrected chi connectivity index (χ3v) is 6.28. The van der Waals surface area contributed by atoms with Crippen LogP contribution in [0.5, 0.6) is 0 Å². The van der Waals surface area contributed by atoms with E-state index in [1.807, 2.05) is 60.7 Å². The summed E-state index contributed by atoms with van der Waals surface area (Å²) >= 11 is -0.866. The average Bonchev–Trinajstić information content (AvgIpc) is 2.54. The van der Waals surface area contributed by atoms with E-state index in [0.717, 1.165) is 18.4 Å². The summed E-state index contributed by atoms with van der Waals surface area (Å²) in [6.07, 6.45) is 3.41. The minimum absolute atomic E-state index is 0.0317. The van der Waals surface area contributed by atoms with Crippen molar-refractivity contribution in [1.29, 1.82) is 0 Å². The number of carbonyl (C=O) groups excluding carboxylic acids is 2. The second-order valence-corrected chi connectivity index (χ2v) is 8.17. The molecule has 0 heterocycles. The molecule has 0 N–H and O–H groups in total. The predicted molar refractivity (Wildman–Crippen MR) is 96.0 cm³/mol. The Morgan fingerprint density at radius 3 is 1.35 bits per heavy atom. The van der Waals surface area contributed by atoms with Gasteiger partial charge in [0.1, 0.15) is 0 Å². The molecule has 2 aromatic rings. The third kappa shape index (κ3) is 5.63. The Morgan fingerprint density at radius 1 is 0.696 bits per heavy atom. The number of carbonyl (C=O) groups is 2. The van der Waals surface area contributed by atoms with Gasteiger partial charge in [0.05, 0.1) is 0 Å². The fourth-order valence-electron chi connectivity index (χ4n) is 2.04. The average molecular weight is 418 g/mol. The first kappa shape index (κ1) is 17.4. The monoisotopic (exact) mass is 420 g/mol. The first-order valence-electron chi connectivity index (χ1n) is 7.29. The van der Waals surface area contributed by atoms with Crippen molar-refractivity contribution in [3.63, 3.8) is 0 Å². The summed E-state index contributed by atoms with van der Waals surface area (Å²) in [5.74, 6) is 0.0633. The zero-order chi connectivity index (χ0) is 16.7. The van der Waals surface area contributed by atoms with E-state index in [9.17, 15) is 9.59 Å². The van der Waals surface area contributed by atoms with E-state index in [4.69, 9.17) is 0 Å². The number of rotatable bonds is 6. The number of benzene rings is 2. The van der Waals surface area contributed by atoms with Crippen molar-refractivity contribution < 1.29 is 9.59 Å². The van der Waals surface area contributed by atoms with Crippen molar-refractivity contribution >= 4 is 39.7 Å². The number of ketones is 2. The Hall–Kier alpha value is -1.95. The summed E-state index contributed by atoms with van der Waals surface area (Å²) in [5, 5.41) is 0. The van der Waals surface area contributed by atoms with Gasteiger partial charge in [0.2, 0.25) is 0 Å². The fourth-order valence-corrected chi connectivity index (χ4v) is 5.45. The summed E-state index contributed by atoms with van der Waals surface area (Å²) in [7, 11) is 0. The number of allylic oxidation sites excluding steroid dienone is 2. The normalized spacial score (nSPS) is 12.1. The maximum absolute atomic E-state index is 11.6. The molecule has 0 amide bonds. The second-order valence-electron chi connectivity index (χ2n) is 5.07. The van der Waals surface area contributed by atoms with Crippen molar-refractivity contribution in [3.8, 4) is 0 Å². The van der Waals surface area contributed by atoms with E-state index < -0.39 is 20.9 Å². The molecule has 2 nitrogen and oxygen atoms in total. The molecule has 3 heteroatoms. The molecule has 0 aliphatic heterocycles. The summed E-state index contributed by atoms with van der Waals surface area (Å²) < 4.78 is 2.08. The molecule has 2 aromatic carbocycles. The molecule has 0 saturated heterocycles. The van der Waals surface area contributed by atoms with Crippen LogP contribution in [-0.4, -0.2) is 32.5 Å². The first-order chi connectivity index (χ1) is 11.1. The van der Waals surface area contributed by atoms with Crippen LogP contribution in [0, 0.1) is 0 Å². The minimum atomic E-state index is -0.866. The standard InChI is InChI=1S/C20H18O2Te/c1-15(21)13-19(17-9-5-3-6-10-17)23-20(14-16(2)22)18-11-7-4-8-12-18/h3-14H,1-2H3/b19-13-,20-14+. The van der Waals surface area contributed by atoms with Gasteiger partial charge in [0.15, 0.2) is 0 Å². The van der Waals surface area contributed by atoms with E-state index in [-0.39, 0.29) is 11.6 Å². The summed E-state index contributed by atoms with van der Waals surface area (Å²) in [6.45, 7) is 3.12. The SMILES string of the molecule is CC(=O)/C=C(\[Te]/C(=C/C(C)=O)c1ccccc1)c1ccccc1. The van der Waals surface area contributed by atoms with Crippen molar-refractivity contribution in [2.24, 2.45) is 0 Å². The predicted octanol–water partition coefficient (Wildman–Crippen LogP) is 3.95. The first-order valence-corrected chi connectivity index (χ1v) is 9.62. The fraction of sp³-hybridized carbons (Fsp3) is 0.100. The second kappa shape index (κ2) is 8.62. The Kier molecular flexibility index (Phi) is 6.52. The molecule has 0 saturated carbocycles. The molecular formula is C20H18O2Te. The summed E-state index contributed by atoms with van der Waals surface area (Å²) in [4.78, 5) is 23.3. The third-order valence-electron chi connectivity index (χ3n) is 3.01. The van der Waals surface area contributed by atoms with Crippen LogP contribution >= 0.6 is 0 Å². The van der Waals surface area contributed by atoms with Crippen molar-refractivity contribution in [1.82, 2.24) is 0 Å². The molecule has 0 atom stereocenters. The van der Waals surface area contributed by atoms with Gasteiger partial charge in [-0.1, -0.05) is 0 Å². The van der Waals surface area contributed by atoms with Crippen LogP contribution in [0.15, 0.2) is 72.8 Å². The maximum atomic E-state index is 11.6. The summed E-state index contributed by atoms with van der Waals surface area (Å²) in [6, 6.07) is 19.8. The Labute approximate surface area is 147 Å². The van der Waals surface area contributed by atoms with E-state index in [1.165, 1.54) is 0 Å². The van der Waals surface area contributed by atoms with E-state index in [0.29, 0.717) is 0 Å². The van der Waals surface area contributed by atoms with E-state index in [1.54, 1.807) is 26.0 Å². The molecule has 0 bridgehead atoms. The number of hydrogen-bond acceptors (Lipinski definition) is 2. The quantitative estimate of drug-likeness (QED) is 0.526.